The lowest BCUT2D eigenvalue weighted by atomic mass is 10.2. The molecule has 2 aromatic rings. The van der Waals surface area contributed by atoms with E-state index in [1.54, 1.807) is 12.1 Å². The molecule has 0 radical (unpaired) electrons. The van der Waals surface area contributed by atoms with Gasteiger partial charge in [-0.15, -0.1) is 0 Å². The number of carbonyl (C=O) groups is 1. The van der Waals surface area contributed by atoms with Gasteiger partial charge in [0.25, 0.3) is 5.91 Å². The van der Waals surface area contributed by atoms with Gasteiger partial charge in [0.2, 0.25) is 0 Å². The first-order valence-electron chi connectivity index (χ1n) is 4.83. The monoisotopic (exact) mass is 294 g/mol. The van der Waals surface area contributed by atoms with E-state index in [-0.39, 0.29) is 11.7 Å². The molecule has 1 aromatic heterocycles. The summed E-state index contributed by atoms with van der Waals surface area (Å²) >= 11 is 3.20. The number of hydrogen-bond donors (Lipinski definition) is 1. The Balaban J connectivity index is 2.11. The maximum absolute atomic E-state index is 12.7. The van der Waals surface area contributed by atoms with Crippen molar-refractivity contribution in [3.63, 3.8) is 0 Å². The molecule has 0 atom stereocenters. The Labute approximate surface area is 106 Å². The highest BCUT2D eigenvalue weighted by Crippen LogP contribution is 2.12. The molecule has 17 heavy (non-hydrogen) atoms. The van der Waals surface area contributed by atoms with Gasteiger partial charge in [-0.05, 0) is 52.3 Å². The SMILES string of the molecule is O=C(Nc1ccc(Br)nc1)c1ccc(F)cc1. The normalized spacial score (nSPS) is 10.0. The molecule has 1 amide bonds. The van der Waals surface area contributed by atoms with E-state index in [0.717, 1.165) is 0 Å². The van der Waals surface area contributed by atoms with Crippen LogP contribution in [0.25, 0.3) is 0 Å². The lowest BCUT2D eigenvalue weighted by Gasteiger charge is -2.04. The zero-order chi connectivity index (χ0) is 12.3. The van der Waals surface area contributed by atoms with E-state index in [1.165, 1.54) is 30.5 Å². The number of nitrogens with zero attached hydrogens (tertiary/aromatic N) is 1. The van der Waals surface area contributed by atoms with Crippen LogP contribution >= 0.6 is 15.9 Å². The van der Waals surface area contributed by atoms with Crippen LogP contribution in [-0.2, 0) is 0 Å². The molecule has 0 unspecified atom stereocenters. The first kappa shape index (κ1) is 11.7. The molecule has 1 heterocycles. The zero-order valence-electron chi connectivity index (χ0n) is 8.65. The number of benzene rings is 1. The lowest BCUT2D eigenvalue weighted by molar-refractivity contribution is 0.102. The molecule has 0 saturated carbocycles. The van der Waals surface area contributed by atoms with Crippen LogP contribution in [0.1, 0.15) is 10.4 Å². The molecule has 0 aliphatic carbocycles. The van der Waals surface area contributed by atoms with Crippen LogP contribution in [0.5, 0.6) is 0 Å². The van der Waals surface area contributed by atoms with Crippen molar-refractivity contribution in [1.82, 2.24) is 4.98 Å². The van der Waals surface area contributed by atoms with Gasteiger partial charge in [-0.3, -0.25) is 4.79 Å². The maximum atomic E-state index is 12.7. The van der Waals surface area contributed by atoms with Gasteiger partial charge in [-0.2, -0.15) is 0 Å². The Hall–Kier alpha value is -1.75. The lowest BCUT2D eigenvalue weighted by Crippen LogP contribution is -2.11. The number of halogens is 2. The van der Waals surface area contributed by atoms with Crippen LogP contribution in [0, 0.1) is 5.82 Å². The number of rotatable bonds is 2. The molecule has 1 aromatic carbocycles. The smallest absolute Gasteiger partial charge is 0.255 e. The summed E-state index contributed by atoms with van der Waals surface area (Å²) in [5.74, 6) is -0.666. The largest absolute Gasteiger partial charge is 0.321 e. The quantitative estimate of drug-likeness (QED) is 0.864. The number of anilines is 1. The molecule has 5 heteroatoms. The summed E-state index contributed by atoms with van der Waals surface area (Å²) < 4.78 is 13.4. The van der Waals surface area contributed by atoms with Gasteiger partial charge in [0, 0.05) is 5.56 Å². The van der Waals surface area contributed by atoms with Crippen molar-refractivity contribution < 1.29 is 9.18 Å². The fourth-order valence-corrected chi connectivity index (χ4v) is 1.49. The molecule has 2 rings (SSSR count). The van der Waals surface area contributed by atoms with Crippen LogP contribution in [-0.4, -0.2) is 10.9 Å². The van der Waals surface area contributed by atoms with Crippen molar-refractivity contribution in [2.45, 2.75) is 0 Å². The van der Waals surface area contributed by atoms with Crippen LogP contribution < -0.4 is 5.32 Å². The summed E-state index contributed by atoms with van der Waals surface area (Å²) in [6, 6.07) is 8.79. The molecule has 0 aliphatic heterocycles. The highest BCUT2D eigenvalue weighted by atomic mass is 79.9. The number of carbonyl (C=O) groups excluding carboxylic acids is 1. The Morgan fingerprint density at radius 2 is 1.88 bits per heavy atom. The van der Waals surface area contributed by atoms with Crippen LogP contribution in [0.4, 0.5) is 10.1 Å². The molecular formula is C12H8BrFN2O. The Kier molecular flexibility index (Phi) is 3.49. The summed E-state index contributed by atoms with van der Waals surface area (Å²) in [7, 11) is 0. The Morgan fingerprint density at radius 3 is 2.47 bits per heavy atom. The summed E-state index contributed by atoms with van der Waals surface area (Å²) in [6.07, 6.45) is 1.53. The Morgan fingerprint density at radius 1 is 1.18 bits per heavy atom. The fourth-order valence-electron chi connectivity index (χ4n) is 1.25. The van der Waals surface area contributed by atoms with E-state index in [0.29, 0.717) is 15.9 Å². The molecule has 0 bridgehead atoms. The molecule has 0 fully saturated rings. The van der Waals surface area contributed by atoms with Gasteiger partial charge in [0.1, 0.15) is 10.4 Å². The third-order valence-electron chi connectivity index (χ3n) is 2.09. The second kappa shape index (κ2) is 5.05. The molecule has 0 saturated heterocycles. The van der Waals surface area contributed by atoms with Crippen molar-refractivity contribution in [1.29, 1.82) is 0 Å². The fraction of sp³-hybridized carbons (Fsp3) is 0. The van der Waals surface area contributed by atoms with Crippen molar-refractivity contribution >= 4 is 27.5 Å². The van der Waals surface area contributed by atoms with Crippen molar-refractivity contribution in [3.05, 3.63) is 58.6 Å². The molecule has 3 nitrogen and oxygen atoms in total. The first-order valence-corrected chi connectivity index (χ1v) is 5.63. The zero-order valence-corrected chi connectivity index (χ0v) is 10.2. The highest BCUT2D eigenvalue weighted by molar-refractivity contribution is 9.10. The van der Waals surface area contributed by atoms with E-state index < -0.39 is 0 Å². The summed E-state index contributed by atoms with van der Waals surface area (Å²) in [6.45, 7) is 0. The molecule has 1 N–H and O–H groups in total. The van der Waals surface area contributed by atoms with E-state index in [4.69, 9.17) is 0 Å². The predicted octanol–water partition coefficient (Wildman–Crippen LogP) is 3.24. The second-order valence-corrected chi connectivity index (χ2v) is 4.14. The predicted molar refractivity (Wildman–Crippen MR) is 66.3 cm³/mol. The first-order chi connectivity index (χ1) is 8.15. The minimum absolute atomic E-state index is 0.297. The van der Waals surface area contributed by atoms with Crippen molar-refractivity contribution in [2.75, 3.05) is 5.32 Å². The van der Waals surface area contributed by atoms with Gasteiger partial charge >= 0.3 is 0 Å². The topological polar surface area (TPSA) is 42.0 Å². The van der Waals surface area contributed by atoms with Crippen LogP contribution in [0.15, 0.2) is 47.2 Å². The Bertz CT molecular complexity index is 525. The average molecular weight is 295 g/mol. The molecule has 86 valence electrons. The van der Waals surface area contributed by atoms with Gasteiger partial charge in [0.05, 0.1) is 11.9 Å². The van der Waals surface area contributed by atoms with Gasteiger partial charge in [-0.25, -0.2) is 9.37 Å². The van der Waals surface area contributed by atoms with Gasteiger partial charge < -0.3 is 5.32 Å². The van der Waals surface area contributed by atoms with Gasteiger partial charge in [-0.1, -0.05) is 0 Å². The average Bonchev–Trinajstić information content (AvgIpc) is 2.33. The number of hydrogen-bond acceptors (Lipinski definition) is 2. The standard InChI is InChI=1S/C12H8BrFN2O/c13-11-6-5-10(7-15-11)16-12(17)8-1-3-9(14)4-2-8/h1-7H,(H,16,17). The van der Waals surface area contributed by atoms with Crippen LogP contribution in [0.3, 0.4) is 0 Å². The summed E-state index contributed by atoms with van der Waals surface area (Å²) in [4.78, 5) is 15.7. The van der Waals surface area contributed by atoms with E-state index >= 15 is 0 Å². The number of amides is 1. The van der Waals surface area contributed by atoms with Crippen LogP contribution in [0.2, 0.25) is 0 Å². The highest BCUT2D eigenvalue weighted by Gasteiger charge is 2.05. The number of aromatic nitrogens is 1. The van der Waals surface area contributed by atoms with Crippen molar-refractivity contribution in [3.8, 4) is 0 Å². The number of pyridine rings is 1. The second-order valence-electron chi connectivity index (χ2n) is 3.33. The molecular weight excluding hydrogens is 287 g/mol. The third-order valence-corrected chi connectivity index (χ3v) is 2.56. The maximum Gasteiger partial charge on any atom is 0.255 e. The summed E-state index contributed by atoms with van der Waals surface area (Å²) in [5, 5.41) is 2.66. The van der Waals surface area contributed by atoms with E-state index in [9.17, 15) is 9.18 Å². The minimum Gasteiger partial charge on any atom is -0.321 e. The third kappa shape index (κ3) is 3.10. The minimum atomic E-state index is -0.369. The molecule has 0 spiro atoms. The van der Waals surface area contributed by atoms with E-state index in [1.807, 2.05) is 0 Å². The molecule has 0 aliphatic rings. The summed E-state index contributed by atoms with van der Waals surface area (Å²) in [5.41, 5.74) is 0.983. The van der Waals surface area contributed by atoms with E-state index in [2.05, 4.69) is 26.2 Å². The number of nitrogens with one attached hydrogen (secondary N) is 1. The van der Waals surface area contributed by atoms with Gasteiger partial charge in [0.15, 0.2) is 0 Å². The van der Waals surface area contributed by atoms with Crippen molar-refractivity contribution in [2.24, 2.45) is 0 Å².